The topological polar surface area (TPSA) is 100 Å². The fraction of sp³-hybridized carbons (Fsp3) is 0.286. The number of pyridine rings is 1. The molecule has 1 fully saturated rings. The number of nitrogens with one attached hydrogen (secondary N) is 2. The summed E-state index contributed by atoms with van der Waals surface area (Å²) in [6, 6.07) is 13.4. The van der Waals surface area contributed by atoms with E-state index in [0.29, 0.717) is 36.3 Å². The molecule has 0 unspecified atom stereocenters. The molecule has 2 N–H and O–H groups in total. The first-order valence-corrected chi connectivity index (χ1v) is 12.2. The summed E-state index contributed by atoms with van der Waals surface area (Å²) in [5, 5.41) is 11.4. The number of likely N-dealkylation sites (tertiary alicyclic amines) is 1. The van der Waals surface area contributed by atoms with E-state index in [2.05, 4.69) is 20.5 Å². The number of amides is 1. The van der Waals surface area contributed by atoms with Crippen LogP contribution in [0.4, 0.5) is 4.39 Å². The first-order chi connectivity index (χ1) is 18.0. The van der Waals surface area contributed by atoms with Crippen LogP contribution >= 0.6 is 0 Å². The van der Waals surface area contributed by atoms with Crippen molar-refractivity contribution in [3.05, 3.63) is 77.4 Å². The average Bonchev–Trinajstić information content (AvgIpc) is 3.33. The van der Waals surface area contributed by atoms with E-state index >= 15 is 0 Å². The molecule has 2 atom stereocenters. The maximum atomic E-state index is 14.6. The molecule has 1 saturated heterocycles. The number of ether oxygens (including phenoxy) is 1. The number of nitrogens with zero attached hydrogens (tertiary/aromatic N) is 3. The Kier molecular flexibility index (Phi) is 6.96. The van der Waals surface area contributed by atoms with Crippen LogP contribution in [0.2, 0.25) is 0 Å². The number of methoxy groups -OCH3 is 1. The number of hydrogen-bond acceptors (Lipinski definition) is 6. The number of fused-ring (bicyclic) bond motifs is 1. The number of rotatable bonds is 7. The third-order valence-corrected chi connectivity index (χ3v) is 6.88. The summed E-state index contributed by atoms with van der Waals surface area (Å²) in [6.45, 7) is 2.55. The number of benzene rings is 2. The Hall–Kier alpha value is -4.11. The number of carbonyl (C=O) groups is 2. The average molecular weight is 502 g/mol. The van der Waals surface area contributed by atoms with Gasteiger partial charge >= 0.3 is 0 Å². The van der Waals surface area contributed by atoms with Gasteiger partial charge in [0, 0.05) is 53.1 Å². The number of halogens is 1. The first kappa shape index (κ1) is 24.6. The summed E-state index contributed by atoms with van der Waals surface area (Å²) in [7, 11) is 1.49. The van der Waals surface area contributed by atoms with Gasteiger partial charge in [-0.3, -0.25) is 19.8 Å². The fourth-order valence-corrected chi connectivity index (χ4v) is 4.94. The standard InChI is InChI=1S/C28H28FN5O3/c1-17-12-18(10-11-30-17)27-22-13-19(6-9-25(22)32-33-27)28(36)31-20-7-8-21(16-35)34(14-20)15-23-24(29)4-3-5-26(23)37-2/h3-6,9-13,16,20-21H,7-8,14-15H2,1-2H3,(H,31,36)(H,32,33)/t20-,21+/m1/s1. The number of aromatic amines is 1. The van der Waals surface area contributed by atoms with Crippen LogP contribution in [-0.2, 0) is 11.3 Å². The van der Waals surface area contributed by atoms with Crippen LogP contribution in [0.1, 0.15) is 34.5 Å². The molecule has 9 heteroatoms. The minimum Gasteiger partial charge on any atom is -0.496 e. The minimum atomic E-state index is -0.385. The SMILES string of the molecule is COc1cccc(F)c1CN1C[C@H](NC(=O)c2ccc3[nH]nc(-c4ccnc(C)c4)c3c2)CC[C@H]1C=O. The summed E-state index contributed by atoms with van der Waals surface area (Å²) in [5.74, 6) is -0.161. The molecule has 37 heavy (non-hydrogen) atoms. The predicted molar refractivity (Wildman–Crippen MR) is 138 cm³/mol. The van der Waals surface area contributed by atoms with Gasteiger partial charge in [-0.15, -0.1) is 0 Å². The lowest BCUT2D eigenvalue weighted by Gasteiger charge is -2.37. The van der Waals surface area contributed by atoms with Crippen molar-refractivity contribution >= 4 is 23.1 Å². The van der Waals surface area contributed by atoms with Gasteiger partial charge < -0.3 is 14.8 Å². The molecule has 8 nitrogen and oxygen atoms in total. The molecule has 0 spiro atoms. The lowest BCUT2D eigenvalue weighted by molar-refractivity contribution is -0.114. The van der Waals surface area contributed by atoms with Crippen molar-refractivity contribution in [1.82, 2.24) is 25.4 Å². The molecular weight excluding hydrogens is 473 g/mol. The Labute approximate surface area is 213 Å². The van der Waals surface area contributed by atoms with Crippen molar-refractivity contribution in [2.24, 2.45) is 0 Å². The Bertz CT molecular complexity index is 1450. The van der Waals surface area contributed by atoms with Crippen LogP contribution in [0.3, 0.4) is 0 Å². The molecule has 4 aromatic rings. The quantitative estimate of drug-likeness (QED) is 0.371. The molecule has 5 rings (SSSR count). The Morgan fingerprint density at radius 1 is 1.24 bits per heavy atom. The van der Waals surface area contributed by atoms with Crippen LogP contribution in [0.5, 0.6) is 5.75 Å². The number of aromatic nitrogens is 3. The number of hydrogen-bond donors (Lipinski definition) is 2. The van der Waals surface area contributed by atoms with Gasteiger partial charge in [0.25, 0.3) is 5.91 Å². The predicted octanol–water partition coefficient (Wildman–Crippen LogP) is 4.04. The number of aryl methyl sites for hydroxylation is 1. The maximum Gasteiger partial charge on any atom is 0.251 e. The van der Waals surface area contributed by atoms with Crippen molar-refractivity contribution < 1.29 is 18.7 Å². The van der Waals surface area contributed by atoms with Crippen molar-refractivity contribution in [3.63, 3.8) is 0 Å². The van der Waals surface area contributed by atoms with E-state index in [9.17, 15) is 14.0 Å². The van der Waals surface area contributed by atoms with Crippen molar-refractivity contribution in [3.8, 4) is 17.0 Å². The van der Waals surface area contributed by atoms with E-state index in [-0.39, 0.29) is 30.4 Å². The Morgan fingerprint density at radius 3 is 2.89 bits per heavy atom. The highest BCUT2D eigenvalue weighted by atomic mass is 19.1. The molecule has 1 aliphatic heterocycles. The maximum absolute atomic E-state index is 14.6. The highest BCUT2D eigenvalue weighted by Gasteiger charge is 2.30. The second-order valence-electron chi connectivity index (χ2n) is 9.32. The van der Waals surface area contributed by atoms with E-state index in [0.717, 1.165) is 34.1 Å². The van der Waals surface area contributed by atoms with Crippen molar-refractivity contribution in [2.45, 2.75) is 38.4 Å². The minimum absolute atomic E-state index is 0.191. The summed E-state index contributed by atoms with van der Waals surface area (Å²) in [6.07, 6.45) is 3.84. The highest BCUT2D eigenvalue weighted by Crippen LogP contribution is 2.28. The molecule has 0 saturated carbocycles. The second kappa shape index (κ2) is 10.5. The number of H-pyrrole nitrogens is 1. The third kappa shape index (κ3) is 5.08. The lowest BCUT2D eigenvalue weighted by Crippen LogP contribution is -2.52. The van der Waals surface area contributed by atoms with Crippen molar-refractivity contribution in [2.75, 3.05) is 13.7 Å². The number of carbonyl (C=O) groups excluding carboxylic acids is 2. The van der Waals surface area contributed by atoms with Crippen LogP contribution < -0.4 is 10.1 Å². The van der Waals surface area contributed by atoms with Crippen molar-refractivity contribution in [1.29, 1.82) is 0 Å². The van der Waals surface area contributed by atoms with Gasteiger partial charge in [-0.25, -0.2) is 4.39 Å². The largest absolute Gasteiger partial charge is 0.496 e. The van der Waals surface area contributed by atoms with E-state index in [1.54, 1.807) is 24.4 Å². The zero-order valence-corrected chi connectivity index (χ0v) is 20.7. The van der Waals surface area contributed by atoms with E-state index in [1.807, 2.05) is 36.1 Å². The van der Waals surface area contributed by atoms with E-state index in [1.165, 1.54) is 13.2 Å². The number of piperidine rings is 1. The summed E-state index contributed by atoms with van der Waals surface area (Å²) < 4.78 is 19.9. The summed E-state index contributed by atoms with van der Waals surface area (Å²) >= 11 is 0. The van der Waals surface area contributed by atoms with Gasteiger partial charge in [-0.2, -0.15) is 5.10 Å². The zero-order valence-electron chi connectivity index (χ0n) is 20.7. The van der Waals surface area contributed by atoms with E-state index in [4.69, 9.17) is 4.74 Å². The highest BCUT2D eigenvalue weighted by molar-refractivity contribution is 6.01. The van der Waals surface area contributed by atoms with Gasteiger partial charge in [0.05, 0.1) is 18.7 Å². The van der Waals surface area contributed by atoms with Gasteiger partial charge in [0.15, 0.2) is 0 Å². The Morgan fingerprint density at radius 2 is 2.11 bits per heavy atom. The third-order valence-electron chi connectivity index (χ3n) is 6.88. The summed E-state index contributed by atoms with van der Waals surface area (Å²) in [4.78, 5) is 31.1. The van der Waals surface area contributed by atoms with Crippen LogP contribution in [-0.4, -0.2) is 58.0 Å². The molecule has 2 aromatic carbocycles. The van der Waals surface area contributed by atoms with Gasteiger partial charge in [-0.1, -0.05) is 6.07 Å². The molecule has 0 bridgehead atoms. The lowest BCUT2D eigenvalue weighted by atomic mass is 9.97. The van der Waals surface area contributed by atoms with Gasteiger partial charge in [0.2, 0.25) is 0 Å². The second-order valence-corrected chi connectivity index (χ2v) is 9.32. The zero-order chi connectivity index (χ0) is 25.9. The fourth-order valence-electron chi connectivity index (χ4n) is 4.94. The molecule has 3 heterocycles. The monoisotopic (exact) mass is 501 g/mol. The molecular formula is C28H28FN5O3. The molecule has 1 amide bonds. The smallest absolute Gasteiger partial charge is 0.251 e. The molecule has 0 radical (unpaired) electrons. The molecule has 2 aromatic heterocycles. The molecule has 190 valence electrons. The van der Waals surface area contributed by atoms with Gasteiger partial charge in [-0.05, 0) is 62.2 Å². The van der Waals surface area contributed by atoms with Gasteiger partial charge in [0.1, 0.15) is 23.5 Å². The number of aldehydes is 1. The van der Waals surface area contributed by atoms with E-state index < -0.39 is 0 Å². The van der Waals surface area contributed by atoms with Crippen LogP contribution in [0, 0.1) is 12.7 Å². The van der Waals surface area contributed by atoms with Crippen LogP contribution in [0.15, 0.2) is 54.7 Å². The first-order valence-electron chi connectivity index (χ1n) is 12.2. The Balaban J connectivity index is 1.34. The molecule has 0 aliphatic carbocycles. The molecule has 1 aliphatic rings. The summed E-state index contributed by atoms with van der Waals surface area (Å²) in [5.41, 5.74) is 4.30. The normalized spacial score (nSPS) is 18.0. The van der Waals surface area contributed by atoms with Crippen LogP contribution in [0.25, 0.3) is 22.2 Å².